The van der Waals surface area contributed by atoms with Crippen LogP contribution in [-0.2, 0) is 0 Å². The molecule has 0 bridgehead atoms. The van der Waals surface area contributed by atoms with Crippen LogP contribution in [0.1, 0.15) is 5.76 Å². The van der Waals surface area contributed by atoms with Crippen molar-refractivity contribution >= 4 is 23.2 Å². The van der Waals surface area contributed by atoms with Gasteiger partial charge in [-0.1, -0.05) is 23.2 Å². The molecule has 0 saturated heterocycles. The van der Waals surface area contributed by atoms with Crippen LogP contribution < -0.4 is 0 Å². The highest BCUT2D eigenvalue weighted by atomic mass is 35.5. The van der Waals surface area contributed by atoms with Gasteiger partial charge in [0.2, 0.25) is 5.76 Å². The van der Waals surface area contributed by atoms with Crippen LogP contribution in [0.5, 0.6) is 0 Å². The molecule has 1 heterocycles. The molecule has 4 heteroatoms. The van der Waals surface area contributed by atoms with Gasteiger partial charge in [-0.25, -0.2) is 0 Å². The Hall–Kier alpha value is -1.43. The standard InChI is InChI=1S/C11H5Cl2NO/c12-7-1-3-9(10(13)5-7)11-4-2-8(6-14)15-11/h1-5H. The van der Waals surface area contributed by atoms with Crippen LogP contribution in [0.3, 0.4) is 0 Å². The molecule has 1 aromatic carbocycles. The molecular weight excluding hydrogens is 233 g/mol. The monoisotopic (exact) mass is 237 g/mol. The Morgan fingerprint density at radius 3 is 2.53 bits per heavy atom. The van der Waals surface area contributed by atoms with Crippen molar-refractivity contribution in [2.75, 3.05) is 0 Å². The fourth-order valence-corrected chi connectivity index (χ4v) is 1.73. The predicted octanol–water partition coefficient (Wildman–Crippen LogP) is 4.13. The zero-order chi connectivity index (χ0) is 10.8. The zero-order valence-corrected chi connectivity index (χ0v) is 9.01. The van der Waals surface area contributed by atoms with E-state index in [1.807, 2.05) is 6.07 Å². The second kappa shape index (κ2) is 3.98. The summed E-state index contributed by atoms with van der Waals surface area (Å²) in [5.41, 5.74) is 0.725. The van der Waals surface area contributed by atoms with E-state index in [2.05, 4.69) is 0 Å². The van der Waals surface area contributed by atoms with E-state index in [1.54, 1.807) is 30.3 Å². The van der Waals surface area contributed by atoms with E-state index in [0.717, 1.165) is 5.56 Å². The topological polar surface area (TPSA) is 36.9 Å². The van der Waals surface area contributed by atoms with Crippen LogP contribution in [0.15, 0.2) is 34.7 Å². The summed E-state index contributed by atoms with van der Waals surface area (Å²) in [4.78, 5) is 0. The summed E-state index contributed by atoms with van der Waals surface area (Å²) < 4.78 is 5.25. The number of rotatable bonds is 1. The molecular formula is C11H5Cl2NO. The van der Waals surface area contributed by atoms with E-state index in [0.29, 0.717) is 15.8 Å². The number of furan rings is 1. The molecule has 2 aromatic rings. The fourth-order valence-electron chi connectivity index (χ4n) is 1.23. The van der Waals surface area contributed by atoms with Crippen molar-refractivity contribution in [2.24, 2.45) is 0 Å². The van der Waals surface area contributed by atoms with Gasteiger partial charge in [0.25, 0.3) is 0 Å². The first-order valence-corrected chi connectivity index (χ1v) is 4.91. The van der Waals surface area contributed by atoms with Crippen molar-refractivity contribution in [3.05, 3.63) is 46.1 Å². The summed E-state index contributed by atoms with van der Waals surface area (Å²) in [7, 11) is 0. The highest BCUT2D eigenvalue weighted by Crippen LogP contribution is 2.31. The van der Waals surface area contributed by atoms with Gasteiger partial charge in [0.05, 0.1) is 5.02 Å². The molecule has 0 amide bonds. The van der Waals surface area contributed by atoms with Gasteiger partial charge in [0.15, 0.2) is 0 Å². The van der Waals surface area contributed by atoms with Crippen LogP contribution in [0.25, 0.3) is 11.3 Å². The van der Waals surface area contributed by atoms with Gasteiger partial charge in [0.1, 0.15) is 11.8 Å². The van der Waals surface area contributed by atoms with Crippen LogP contribution in [0.4, 0.5) is 0 Å². The summed E-state index contributed by atoms with van der Waals surface area (Å²) in [6.45, 7) is 0. The molecule has 1 aromatic heterocycles. The first-order chi connectivity index (χ1) is 7.20. The van der Waals surface area contributed by atoms with Crippen LogP contribution in [-0.4, -0.2) is 0 Å². The summed E-state index contributed by atoms with van der Waals surface area (Å²) in [6, 6.07) is 10.3. The summed E-state index contributed by atoms with van der Waals surface area (Å²) in [5, 5.41) is 9.68. The Kier molecular flexibility index (Phi) is 2.68. The third kappa shape index (κ3) is 1.99. The number of hydrogen-bond acceptors (Lipinski definition) is 2. The summed E-state index contributed by atoms with van der Waals surface area (Å²) in [5.74, 6) is 0.823. The number of hydrogen-bond donors (Lipinski definition) is 0. The lowest BCUT2D eigenvalue weighted by Crippen LogP contribution is -1.76. The van der Waals surface area contributed by atoms with Crippen LogP contribution in [0.2, 0.25) is 10.0 Å². The van der Waals surface area contributed by atoms with Crippen LogP contribution in [0, 0.1) is 11.3 Å². The van der Waals surface area contributed by atoms with Gasteiger partial charge >= 0.3 is 0 Å². The molecule has 2 nitrogen and oxygen atoms in total. The Balaban J connectivity index is 2.50. The third-order valence-electron chi connectivity index (χ3n) is 1.91. The van der Waals surface area contributed by atoms with E-state index in [4.69, 9.17) is 32.9 Å². The summed E-state index contributed by atoms with van der Waals surface area (Å²) in [6.07, 6.45) is 0. The number of nitriles is 1. The first-order valence-electron chi connectivity index (χ1n) is 4.16. The maximum Gasteiger partial charge on any atom is 0.204 e. The molecule has 2 rings (SSSR count). The van der Waals surface area contributed by atoms with E-state index < -0.39 is 0 Å². The SMILES string of the molecule is N#Cc1ccc(-c2ccc(Cl)cc2Cl)o1. The molecule has 74 valence electrons. The minimum atomic E-state index is 0.260. The van der Waals surface area contributed by atoms with Gasteiger partial charge in [0, 0.05) is 10.6 Å². The molecule has 0 fully saturated rings. The Labute approximate surface area is 96.6 Å². The van der Waals surface area contributed by atoms with Crippen molar-refractivity contribution in [1.82, 2.24) is 0 Å². The number of benzene rings is 1. The Morgan fingerprint density at radius 2 is 1.93 bits per heavy atom. The van der Waals surface area contributed by atoms with Crippen molar-refractivity contribution in [2.45, 2.75) is 0 Å². The van der Waals surface area contributed by atoms with Gasteiger partial charge < -0.3 is 4.42 Å². The van der Waals surface area contributed by atoms with E-state index in [-0.39, 0.29) is 5.76 Å². The van der Waals surface area contributed by atoms with Crippen molar-refractivity contribution in [1.29, 1.82) is 5.26 Å². The predicted molar refractivity (Wildman–Crippen MR) is 58.9 cm³/mol. The van der Waals surface area contributed by atoms with E-state index in [9.17, 15) is 0 Å². The smallest absolute Gasteiger partial charge is 0.204 e. The molecule has 15 heavy (non-hydrogen) atoms. The highest BCUT2D eigenvalue weighted by molar-refractivity contribution is 6.36. The number of halogens is 2. The quantitative estimate of drug-likeness (QED) is 0.748. The lowest BCUT2D eigenvalue weighted by atomic mass is 10.2. The van der Waals surface area contributed by atoms with Gasteiger partial charge in [-0.3, -0.25) is 0 Å². The average molecular weight is 238 g/mol. The normalized spacial score (nSPS) is 9.93. The van der Waals surface area contributed by atoms with Crippen molar-refractivity contribution < 1.29 is 4.42 Å². The second-order valence-electron chi connectivity index (χ2n) is 2.90. The Morgan fingerprint density at radius 1 is 1.13 bits per heavy atom. The van der Waals surface area contributed by atoms with E-state index in [1.165, 1.54) is 0 Å². The van der Waals surface area contributed by atoms with E-state index >= 15 is 0 Å². The molecule has 0 atom stereocenters. The van der Waals surface area contributed by atoms with Gasteiger partial charge in [-0.15, -0.1) is 0 Å². The minimum Gasteiger partial charge on any atom is -0.446 e. The molecule has 0 unspecified atom stereocenters. The van der Waals surface area contributed by atoms with Crippen LogP contribution >= 0.6 is 23.2 Å². The number of nitrogens with zero attached hydrogens (tertiary/aromatic N) is 1. The molecule has 0 N–H and O–H groups in total. The average Bonchev–Trinajstić information content (AvgIpc) is 2.66. The third-order valence-corrected chi connectivity index (χ3v) is 2.46. The minimum absolute atomic E-state index is 0.260. The largest absolute Gasteiger partial charge is 0.446 e. The maximum atomic E-state index is 8.61. The maximum absolute atomic E-state index is 8.61. The lowest BCUT2D eigenvalue weighted by Gasteiger charge is -2.00. The zero-order valence-electron chi connectivity index (χ0n) is 7.50. The molecule has 0 aliphatic rings. The van der Waals surface area contributed by atoms with Gasteiger partial charge in [-0.05, 0) is 30.3 Å². The van der Waals surface area contributed by atoms with Crippen molar-refractivity contribution in [3.63, 3.8) is 0 Å². The second-order valence-corrected chi connectivity index (χ2v) is 3.74. The highest BCUT2D eigenvalue weighted by Gasteiger charge is 2.08. The summed E-state index contributed by atoms with van der Waals surface area (Å²) >= 11 is 11.8. The molecule has 0 saturated carbocycles. The van der Waals surface area contributed by atoms with Crippen molar-refractivity contribution in [3.8, 4) is 17.4 Å². The molecule has 0 aliphatic heterocycles. The fraction of sp³-hybridized carbons (Fsp3) is 0. The first kappa shape index (κ1) is 10.1. The molecule has 0 spiro atoms. The van der Waals surface area contributed by atoms with Gasteiger partial charge in [-0.2, -0.15) is 5.26 Å². The molecule has 0 radical (unpaired) electrons. The molecule has 0 aliphatic carbocycles. The lowest BCUT2D eigenvalue weighted by molar-refractivity contribution is 0.567. The Bertz CT molecular complexity index is 540.